The standard InChI is InChI=1S/C17H22N2O2S/c1-12-4-6-15(7-5-12)22-11-10-18-17(20)9-8-16-13(2)19-21-14(16)3/h4-7H,8-11H2,1-3H3,(H,18,20). The number of amides is 1. The van der Waals surface area contributed by atoms with Gasteiger partial charge < -0.3 is 9.84 Å². The van der Waals surface area contributed by atoms with Crippen LogP contribution in [0.3, 0.4) is 0 Å². The number of rotatable bonds is 7. The predicted octanol–water partition coefficient (Wildman–Crippen LogP) is 3.44. The molecule has 0 bridgehead atoms. The van der Waals surface area contributed by atoms with Crippen LogP contribution in [-0.2, 0) is 11.2 Å². The monoisotopic (exact) mass is 318 g/mol. The number of nitrogens with one attached hydrogen (secondary N) is 1. The fourth-order valence-corrected chi connectivity index (χ4v) is 2.95. The molecule has 118 valence electrons. The third-order valence-electron chi connectivity index (χ3n) is 3.50. The normalized spacial score (nSPS) is 10.7. The van der Waals surface area contributed by atoms with E-state index in [1.807, 2.05) is 13.8 Å². The van der Waals surface area contributed by atoms with E-state index in [4.69, 9.17) is 4.52 Å². The summed E-state index contributed by atoms with van der Waals surface area (Å²) in [4.78, 5) is 13.1. The van der Waals surface area contributed by atoms with Crippen molar-refractivity contribution in [3.05, 3.63) is 46.8 Å². The number of hydrogen-bond acceptors (Lipinski definition) is 4. The summed E-state index contributed by atoms with van der Waals surface area (Å²) in [5, 5.41) is 6.85. The van der Waals surface area contributed by atoms with Crippen LogP contribution < -0.4 is 5.32 Å². The van der Waals surface area contributed by atoms with E-state index in [1.165, 1.54) is 10.5 Å². The Hall–Kier alpha value is -1.75. The van der Waals surface area contributed by atoms with Gasteiger partial charge in [-0.25, -0.2) is 0 Å². The van der Waals surface area contributed by atoms with Crippen LogP contribution in [0.4, 0.5) is 0 Å². The number of carbonyl (C=O) groups is 1. The summed E-state index contributed by atoms with van der Waals surface area (Å²) in [5.74, 6) is 1.75. The Morgan fingerprint density at radius 1 is 1.23 bits per heavy atom. The molecule has 1 amide bonds. The van der Waals surface area contributed by atoms with E-state index in [2.05, 4.69) is 41.7 Å². The van der Waals surface area contributed by atoms with E-state index in [0.717, 1.165) is 22.8 Å². The molecule has 1 aromatic heterocycles. The molecule has 4 nitrogen and oxygen atoms in total. The summed E-state index contributed by atoms with van der Waals surface area (Å²) in [6, 6.07) is 8.42. The topological polar surface area (TPSA) is 55.1 Å². The van der Waals surface area contributed by atoms with Crippen molar-refractivity contribution in [2.45, 2.75) is 38.5 Å². The Labute approximate surface area is 135 Å². The summed E-state index contributed by atoms with van der Waals surface area (Å²) in [6.45, 7) is 6.54. The van der Waals surface area contributed by atoms with Gasteiger partial charge in [0, 0.05) is 29.2 Å². The number of thioether (sulfide) groups is 1. The molecule has 1 heterocycles. The minimum atomic E-state index is 0.0736. The molecule has 0 saturated heterocycles. The molecule has 0 aliphatic heterocycles. The molecule has 0 unspecified atom stereocenters. The first-order valence-electron chi connectivity index (χ1n) is 7.44. The largest absolute Gasteiger partial charge is 0.361 e. The predicted molar refractivity (Wildman–Crippen MR) is 89.2 cm³/mol. The van der Waals surface area contributed by atoms with Crippen LogP contribution in [0, 0.1) is 20.8 Å². The van der Waals surface area contributed by atoms with E-state index in [-0.39, 0.29) is 5.91 Å². The lowest BCUT2D eigenvalue weighted by molar-refractivity contribution is -0.120. The fourth-order valence-electron chi connectivity index (χ4n) is 2.18. The summed E-state index contributed by atoms with van der Waals surface area (Å²) in [7, 11) is 0. The van der Waals surface area contributed by atoms with Crippen LogP contribution in [-0.4, -0.2) is 23.4 Å². The minimum absolute atomic E-state index is 0.0736. The van der Waals surface area contributed by atoms with Gasteiger partial charge in [0.05, 0.1) is 5.69 Å². The van der Waals surface area contributed by atoms with Crippen molar-refractivity contribution in [3.8, 4) is 0 Å². The molecule has 22 heavy (non-hydrogen) atoms. The molecule has 0 aliphatic carbocycles. The summed E-state index contributed by atoms with van der Waals surface area (Å²) in [6.07, 6.45) is 1.15. The molecule has 5 heteroatoms. The highest BCUT2D eigenvalue weighted by atomic mass is 32.2. The number of carbonyl (C=O) groups excluding carboxylic acids is 1. The van der Waals surface area contributed by atoms with Crippen LogP contribution in [0.2, 0.25) is 0 Å². The lowest BCUT2D eigenvalue weighted by atomic mass is 10.1. The van der Waals surface area contributed by atoms with Crippen molar-refractivity contribution in [2.24, 2.45) is 0 Å². The zero-order chi connectivity index (χ0) is 15.9. The number of hydrogen-bond donors (Lipinski definition) is 1. The number of nitrogens with zero attached hydrogens (tertiary/aromatic N) is 1. The van der Waals surface area contributed by atoms with Crippen molar-refractivity contribution >= 4 is 17.7 Å². The van der Waals surface area contributed by atoms with Crippen molar-refractivity contribution in [3.63, 3.8) is 0 Å². The Kier molecular flexibility index (Phi) is 6.07. The van der Waals surface area contributed by atoms with Gasteiger partial charge in [-0.3, -0.25) is 4.79 Å². The van der Waals surface area contributed by atoms with Gasteiger partial charge in [-0.15, -0.1) is 11.8 Å². The Morgan fingerprint density at radius 3 is 2.59 bits per heavy atom. The molecular weight excluding hydrogens is 296 g/mol. The highest BCUT2D eigenvalue weighted by molar-refractivity contribution is 7.99. The number of benzene rings is 1. The molecule has 0 spiro atoms. The highest BCUT2D eigenvalue weighted by Gasteiger charge is 2.10. The van der Waals surface area contributed by atoms with Crippen LogP contribution in [0.5, 0.6) is 0 Å². The lowest BCUT2D eigenvalue weighted by Crippen LogP contribution is -2.26. The van der Waals surface area contributed by atoms with Crippen molar-refractivity contribution < 1.29 is 9.32 Å². The molecular formula is C17H22N2O2S. The van der Waals surface area contributed by atoms with Crippen LogP contribution in [0.1, 0.15) is 29.0 Å². The maximum Gasteiger partial charge on any atom is 0.220 e. The van der Waals surface area contributed by atoms with Crippen molar-refractivity contribution in [2.75, 3.05) is 12.3 Å². The Bertz CT molecular complexity index is 601. The van der Waals surface area contributed by atoms with Crippen molar-refractivity contribution in [1.82, 2.24) is 10.5 Å². The summed E-state index contributed by atoms with van der Waals surface area (Å²) >= 11 is 1.75. The number of aromatic nitrogens is 1. The van der Waals surface area contributed by atoms with Gasteiger partial charge >= 0.3 is 0 Å². The third kappa shape index (κ3) is 4.91. The van der Waals surface area contributed by atoms with Crippen LogP contribution >= 0.6 is 11.8 Å². The van der Waals surface area contributed by atoms with Gasteiger partial charge in [-0.2, -0.15) is 0 Å². The average Bonchev–Trinajstić information content (AvgIpc) is 2.82. The molecule has 1 aromatic carbocycles. The second kappa shape index (κ2) is 8.03. The zero-order valence-corrected chi connectivity index (χ0v) is 14.1. The van der Waals surface area contributed by atoms with E-state index >= 15 is 0 Å². The third-order valence-corrected chi connectivity index (χ3v) is 4.51. The highest BCUT2D eigenvalue weighted by Crippen LogP contribution is 2.17. The van der Waals surface area contributed by atoms with Gasteiger partial charge in [-0.05, 0) is 39.3 Å². The van der Waals surface area contributed by atoms with Gasteiger partial charge in [0.2, 0.25) is 5.91 Å². The second-order valence-electron chi connectivity index (χ2n) is 5.31. The van der Waals surface area contributed by atoms with Gasteiger partial charge in [0.1, 0.15) is 5.76 Å². The van der Waals surface area contributed by atoms with Crippen LogP contribution in [0.25, 0.3) is 0 Å². The summed E-state index contributed by atoms with van der Waals surface area (Å²) in [5.41, 5.74) is 3.18. The molecule has 0 radical (unpaired) electrons. The minimum Gasteiger partial charge on any atom is -0.361 e. The van der Waals surface area contributed by atoms with E-state index in [1.54, 1.807) is 11.8 Å². The molecule has 2 rings (SSSR count). The van der Waals surface area contributed by atoms with Gasteiger partial charge in [-0.1, -0.05) is 22.9 Å². The van der Waals surface area contributed by atoms with Crippen LogP contribution in [0.15, 0.2) is 33.7 Å². The second-order valence-corrected chi connectivity index (χ2v) is 6.48. The Morgan fingerprint density at radius 2 is 1.95 bits per heavy atom. The van der Waals surface area contributed by atoms with E-state index in [0.29, 0.717) is 19.4 Å². The van der Waals surface area contributed by atoms with E-state index < -0.39 is 0 Å². The average molecular weight is 318 g/mol. The summed E-state index contributed by atoms with van der Waals surface area (Å²) < 4.78 is 5.10. The smallest absolute Gasteiger partial charge is 0.220 e. The maximum atomic E-state index is 11.8. The fraction of sp³-hybridized carbons (Fsp3) is 0.412. The lowest BCUT2D eigenvalue weighted by Gasteiger charge is -2.05. The van der Waals surface area contributed by atoms with Gasteiger partial charge in [0.25, 0.3) is 0 Å². The quantitative estimate of drug-likeness (QED) is 0.627. The zero-order valence-electron chi connectivity index (χ0n) is 13.3. The molecule has 2 aromatic rings. The Balaban J connectivity index is 1.65. The maximum absolute atomic E-state index is 11.8. The molecule has 0 saturated carbocycles. The first-order valence-corrected chi connectivity index (χ1v) is 8.42. The first-order chi connectivity index (χ1) is 10.6. The van der Waals surface area contributed by atoms with Gasteiger partial charge in [0.15, 0.2) is 0 Å². The van der Waals surface area contributed by atoms with E-state index in [9.17, 15) is 4.79 Å². The molecule has 0 aliphatic rings. The molecule has 0 fully saturated rings. The molecule has 1 N–H and O–H groups in total. The first kappa shape index (κ1) is 16.6. The van der Waals surface area contributed by atoms with Crippen molar-refractivity contribution in [1.29, 1.82) is 0 Å². The number of aryl methyl sites for hydroxylation is 3. The SMILES string of the molecule is Cc1ccc(SCCNC(=O)CCc2c(C)noc2C)cc1. The molecule has 0 atom stereocenters.